The predicted octanol–water partition coefficient (Wildman–Crippen LogP) is 12.8. The van der Waals surface area contributed by atoms with Crippen LogP contribution >= 0.6 is 0 Å². The van der Waals surface area contributed by atoms with Crippen LogP contribution in [0.2, 0.25) is 0 Å². The quantitative estimate of drug-likeness (QED) is 0.136. The molecule has 10 rings (SSSR count). The van der Waals surface area contributed by atoms with Crippen LogP contribution in [0.4, 0.5) is 0 Å². The molecule has 0 atom stereocenters. The average molecular weight is 662 g/mol. The molecule has 1 aromatic heterocycles. The van der Waals surface area contributed by atoms with E-state index in [9.17, 15) is 0 Å². The van der Waals surface area contributed by atoms with Crippen LogP contribution in [0.25, 0.3) is 99.5 Å². The Morgan fingerprint density at radius 1 is 0.231 bits per heavy atom. The summed E-state index contributed by atoms with van der Waals surface area (Å²) in [6.07, 6.45) is 0. The Kier molecular flexibility index (Phi) is 7.14. The lowest BCUT2D eigenvalue weighted by atomic mass is 9.81. The van der Waals surface area contributed by atoms with Gasteiger partial charge < -0.3 is 0 Å². The highest BCUT2D eigenvalue weighted by Crippen LogP contribution is 2.50. The third kappa shape index (κ3) is 4.94. The first-order valence-electron chi connectivity index (χ1n) is 17.6. The molecular formula is C49H31N3. The van der Waals surface area contributed by atoms with Crippen molar-refractivity contribution in [3.63, 3.8) is 0 Å². The number of hydrogen-bond donors (Lipinski definition) is 0. The lowest BCUT2D eigenvalue weighted by Gasteiger charge is -2.22. The zero-order valence-electron chi connectivity index (χ0n) is 28.2. The van der Waals surface area contributed by atoms with Crippen LogP contribution < -0.4 is 0 Å². The Labute approximate surface area is 301 Å². The fraction of sp³-hybridized carbons (Fsp3) is 0. The largest absolute Gasteiger partial charge is 0.208 e. The second kappa shape index (κ2) is 12.4. The lowest BCUT2D eigenvalue weighted by Crippen LogP contribution is -2.00. The number of nitrogens with zero attached hydrogens (tertiary/aromatic N) is 3. The molecule has 0 aliphatic heterocycles. The highest BCUT2D eigenvalue weighted by molar-refractivity contribution is 6.36. The number of hydrogen-bond acceptors (Lipinski definition) is 3. The maximum absolute atomic E-state index is 5.12. The summed E-state index contributed by atoms with van der Waals surface area (Å²) in [5.74, 6) is 1.93. The Morgan fingerprint density at radius 3 is 1.02 bits per heavy atom. The van der Waals surface area contributed by atoms with Crippen LogP contribution in [0.5, 0.6) is 0 Å². The van der Waals surface area contributed by atoms with Gasteiger partial charge in [0.25, 0.3) is 0 Å². The minimum absolute atomic E-state index is 0.637. The third-order valence-electron chi connectivity index (χ3n) is 10.1. The summed E-state index contributed by atoms with van der Waals surface area (Å²) in [5, 5.41) is 9.82. The summed E-state index contributed by atoms with van der Waals surface area (Å²) in [6, 6.07) is 66.4. The van der Waals surface area contributed by atoms with E-state index in [1.54, 1.807) is 0 Å². The molecule has 0 radical (unpaired) electrons. The van der Waals surface area contributed by atoms with Gasteiger partial charge >= 0.3 is 0 Å². The molecule has 0 amide bonds. The van der Waals surface area contributed by atoms with Crippen molar-refractivity contribution in [1.82, 2.24) is 15.0 Å². The topological polar surface area (TPSA) is 38.7 Å². The van der Waals surface area contributed by atoms with Crippen molar-refractivity contribution in [2.24, 2.45) is 0 Å². The molecule has 1 heterocycles. The van der Waals surface area contributed by atoms with Gasteiger partial charge in [-0.25, -0.2) is 15.0 Å². The smallest absolute Gasteiger partial charge is 0.164 e. The highest BCUT2D eigenvalue weighted by atomic mass is 15.0. The molecule has 0 aliphatic carbocycles. The minimum atomic E-state index is 0.637. The van der Waals surface area contributed by atoms with E-state index >= 15 is 0 Å². The van der Waals surface area contributed by atoms with E-state index in [0.29, 0.717) is 17.5 Å². The molecule has 0 saturated heterocycles. The van der Waals surface area contributed by atoms with E-state index < -0.39 is 0 Å². The maximum Gasteiger partial charge on any atom is 0.164 e. The summed E-state index contributed by atoms with van der Waals surface area (Å²) in [6.45, 7) is 0. The monoisotopic (exact) mass is 661 g/mol. The summed E-state index contributed by atoms with van der Waals surface area (Å²) in [7, 11) is 0. The maximum atomic E-state index is 5.12. The number of fused-ring (bicyclic) bond motifs is 7. The van der Waals surface area contributed by atoms with E-state index in [2.05, 4.69) is 152 Å². The van der Waals surface area contributed by atoms with Crippen LogP contribution in [0, 0.1) is 0 Å². The molecule has 3 nitrogen and oxygen atoms in total. The summed E-state index contributed by atoms with van der Waals surface area (Å²) >= 11 is 0. The van der Waals surface area contributed by atoms with Crippen molar-refractivity contribution >= 4 is 43.1 Å². The van der Waals surface area contributed by atoms with Crippen molar-refractivity contribution < 1.29 is 0 Å². The molecule has 0 aliphatic rings. The SMILES string of the molecule is c1ccc(-c2nc(-c3ccccc3)nc(-c3ccc4c(-c5ccccc5)c5c6ccccc6c6ccccc6c5c(-c5ccccc5)c4c3)n2)cc1. The van der Waals surface area contributed by atoms with Crippen molar-refractivity contribution in [3.05, 3.63) is 188 Å². The van der Waals surface area contributed by atoms with Crippen LogP contribution in [0.15, 0.2) is 188 Å². The first-order valence-corrected chi connectivity index (χ1v) is 17.6. The van der Waals surface area contributed by atoms with Gasteiger partial charge in [-0.05, 0) is 71.4 Å². The average Bonchev–Trinajstić information content (AvgIpc) is 3.23. The van der Waals surface area contributed by atoms with Crippen molar-refractivity contribution in [1.29, 1.82) is 0 Å². The van der Waals surface area contributed by atoms with Gasteiger partial charge in [-0.2, -0.15) is 0 Å². The van der Waals surface area contributed by atoms with Gasteiger partial charge in [0.2, 0.25) is 0 Å². The first-order chi connectivity index (χ1) is 25.8. The molecule has 0 fully saturated rings. The van der Waals surface area contributed by atoms with Gasteiger partial charge in [0, 0.05) is 16.7 Å². The van der Waals surface area contributed by atoms with Gasteiger partial charge in [-0.1, -0.05) is 182 Å². The molecule has 52 heavy (non-hydrogen) atoms. The van der Waals surface area contributed by atoms with Crippen LogP contribution in [0.3, 0.4) is 0 Å². The molecule has 10 aromatic rings. The Hall–Kier alpha value is -6.97. The highest BCUT2D eigenvalue weighted by Gasteiger charge is 2.22. The van der Waals surface area contributed by atoms with Gasteiger partial charge in [-0.15, -0.1) is 0 Å². The zero-order chi connectivity index (χ0) is 34.4. The fourth-order valence-corrected chi connectivity index (χ4v) is 7.79. The van der Waals surface area contributed by atoms with Crippen molar-refractivity contribution in [3.8, 4) is 56.4 Å². The number of rotatable bonds is 5. The van der Waals surface area contributed by atoms with Crippen LogP contribution in [-0.4, -0.2) is 15.0 Å². The van der Waals surface area contributed by atoms with Crippen LogP contribution in [-0.2, 0) is 0 Å². The summed E-state index contributed by atoms with van der Waals surface area (Å²) < 4.78 is 0. The Bertz CT molecular complexity index is 2870. The zero-order valence-corrected chi connectivity index (χ0v) is 28.2. The van der Waals surface area contributed by atoms with Gasteiger partial charge in [0.1, 0.15) is 0 Å². The molecule has 242 valence electrons. The van der Waals surface area contributed by atoms with Crippen molar-refractivity contribution in [2.75, 3.05) is 0 Å². The number of aromatic nitrogens is 3. The molecule has 3 heteroatoms. The second-order valence-electron chi connectivity index (χ2n) is 13.1. The van der Waals surface area contributed by atoms with Crippen LogP contribution in [0.1, 0.15) is 0 Å². The normalized spacial score (nSPS) is 11.5. The molecular weight excluding hydrogens is 631 g/mol. The van der Waals surface area contributed by atoms with E-state index in [-0.39, 0.29) is 0 Å². The molecule has 0 N–H and O–H groups in total. The molecule has 0 unspecified atom stereocenters. The van der Waals surface area contributed by atoms with Crippen molar-refractivity contribution in [2.45, 2.75) is 0 Å². The van der Waals surface area contributed by atoms with E-state index in [0.717, 1.165) is 22.1 Å². The predicted molar refractivity (Wildman–Crippen MR) is 217 cm³/mol. The van der Waals surface area contributed by atoms with Gasteiger partial charge in [-0.3, -0.25) is 0 Å². The first kappa shape index (κ1) is 29.9. The fourth-order valence-electron chi connectivity index (χ4n) is 7.79. The molecule has 9 aromatic carbocycles. The minimum Gasteiger partial charge on any atom is -0.208 e. The Balaban J connectivity index is 1.38. The molecule has 0 saturated carbocycles. The lowest BCUT2D eigenvalue weighted by molar-refractivity contribution is 1.07. The Morgan fingerprint density at radius 2 is 0.577 bits per heavy atom. The third-order valence-corrected chi connectivity index (χ3v) is 10.1. The van der Waals surface area contributed by atoms with E-state index in [1.807, 2.05) is 36.4 Å². The van der Waals surface area contributed by atoms with E-state index in [4.69, 9.17) is 15.0 Å². The van der Waals surface area contributed by atoms with Gasteiger partial charge in [0.15, 0.2) is 17.5 Å². The molecule has 0 spiro atoms. The number of benzene rings is 9. The summed E-state index contributed by atoms with van der Waals surface area (Å²) in [4.78, 5) is 15.2. The summed E-state index contributed by atoms with van der Waals surface area (Å²) in [5.41, 5.74) is 7.61. The van der Waals surface area contributed by atoms with E-state index in [1.165, 1.54) is 60.0 Å². The second-order valence-corrected chi connectivity index (χ2v) is 13.1. The molecule has 0 bridgehead atoms. The van der Waals surface area contributed by atoms with Gasteiger partial charge in [0.05, 0.1) is 0 Å². The standard InChI is InChI=1S/C49H31N3/c1-5-17-32(18-6-1)43-41-30-29-36(49-51-47(34-21-9-3-10-22-34)50-48(52-49)35-23-11-4-12-24-35)31-42(41)44(33-19-7-2-8-20-33)46-40-28-16-14-26-38(40)37-25-13-15-27-39(37)45(43)46/h1-31H.